The van der Waals surface area contributed by atoms with Crippen molar-refractivity contribution < 1.29 is 4.74 Å². The van der Waals surface area contributed by atoms with Crippen LogP contribution in [0.25, 0.3) is 0 Å². The zero-order chi connectivity index (χ0) is 20.4. The molecule has 28 heavy (non-hydrogen) atoms. The van der Waals surface area contributed by atoms with Gasteiger partial charge in [-0.2, -0.15) is 16.7 Å². The molecule has 0 saturated carbocycles. The van der Waals surface area contributed by atoms with Crippen LogP contribution in [0.5, 0.6) is 5.75 Å². The summed E-state index contributed by atoms with van der Waals surface area (Å²) in [5, 5.41) is 3.71. The summed E-state index contributed by atoms with van der Waals surface area (Å²) in [5.74, 6) is 3.22. The molecule has 154 valence electrons. The molecular weight excluding hydrogens is 368 g/mol. The highest BCUT2D eigenvalue weighted by atomic mass is 32.2. The first kappa shape index (κ1) is 22.3. The molecule has 6 heteroatoms. The summed E-state index contributed by atoms with van der Waals surface area (Å²) in [6, 6.07) is 8.51. The second-order valence-corrected chi connectivity index (χ2v) is 7.95. The number of nitrogens with two attached hydrogens (primary N) is 1. The molecule has 0 aliphatic heterocycles. The summed E-state index contributed by atoms with van der Waals surface area (Å²) in [6.45, 7) is 4.34. The predicted molar refractivity (Wildman–Crippen MR) is 122 cm³/mol. The summed E-state index contributed by atoms with van der Waals surface area (Å²) in [7, 11) is 1.71. The molecule has 0 aliphatic rings. The third kappa shape index (κ3) is 6.30. The lowest BCUT2D eigenvalue weighted by Gasteiger charge is -2.22. The molecule has 1 atom stereocenters. The highest BCUT2D eigenvalue weighted by Gasteiger charge is 2.18. The maximum Gasteiger partial charge on any atom is 0.222 e. The first-order valence-corrected chi connectivity index (χ1v) is 11.5. The lowest BCUT2D eigenvalue weighted by Crippen LogP contribution is -2.23. The number of nitrogens with one attached hydrogen (secondary N) is 1. The molecule has 0 amide bonds. The van der Waals surface area contributed by atoms with Crippen molar-refractivity contribution in [2.45, 2.75) is 58.4 Å². The summed E-state index contributed by atoms with van der Waals surface area (Å²) in [5.41, 5.74) is 9.29. The molecular formula is C22H34N4OS. The van der Waals surface area contributed by atoms with Gasteiger partial charge in [0.25, 0.3) is 0 Å². The quantitative estimate of drug-likeness (QED) is 0.524. The standard InChI is InChI=1S/C22H34N4OS/c1-5-7-11-17(13-14-28-4)24-21-18(19(6-2)25-22(23)26-21)15-16-10-8-9-12-20(16)27-3/h8-10,12,17H,5-7,11,13-15H2,1-4H3,(H3,23,24,25,26)/t17-/m0/s1. The van der Waals surface area contributed by atoms with Crippen LogP contribution >= 0.6 is 11.8 Å². The van der Waals surface area contributed by atoms with E-state index in [1.165, 1.54) is 12.8 Å². The number of hydrogen-bond donors (Lipinski definition) is 2. The Morgan fingerprint density at radius 1 is 1.18 bits per heavy atom. The van der Waals surface area contributed by atoms with E-state index in [0.717, 1.165) is 59.8 Å². The van der Waals surface area contributed by atoms with Gasteiger partial charge in [0, 0.05) is 18.0 Å². The zero-order valence-electron chi connectivity index (χ0n) is 17.6. The predicted octanol–water partition coefficient (Wildman–Crippen LogP) is 4.94. The fourth-order valence-corrected chi connectivity index (χ4v) is 3.90. The molecule has 1 aromatic carbocycles. The van der Waals surface area contributed by atoms with Gasteiger partial charge in [-0.05, 0) is 42.9 Å². The van der Waals surface area contributed by atoms with Crippen molar-refractivity contribution in [3.8, 4) is 5.75 Å². The Labute approximate surface area is 173 Å². The average Bonchev–Trinajstić information content (AvgIpc) is 2.71. The maximum atomic E-state index is 6.04. The lowest BCUT2D eigenvalue weighted by molar-refractivity contribution is 0.410. The molecule has 2 rings (SSSR count). The SMILES string of the molecule is CCCC[C@@H](CCSC)Nc1nc(N)nc(CC)c1Cc1ccccc1OC. The number of nitrogens with zero attached hydrogens (tertiary/aromatic N) is 2. The molecule has 1 heterocycles. The van der Waals surface area contributed by atoms with Crippen LogP contribution in [-0.4, -0.2) is 35.1 Å². The smallest absolute Gasteiger partial charge is 0.222 e. The van der Waals surface area contributed by atoms with Crippen LogP contribution in [-0.2, 0) is 12.8 Å². The third-order valence-electron chi connectivity index (χ3n) is 4.92. The Hall–Kier alpha value is -1.95. The number of benzene rings is 1. The Bertz CT molecular complexity index is 730. The molecule has 0 radical (unpaired) electrons. The number of hydrogen-bond acceptors (Lipinski definition) is 6. The van der Waals surface area contributed by atoms with Crippen molar-refractivity contribution in [3.63, 3.8) is 0 Å². The minimum atomic E-state index is 0.335. The van der Waals surface area contributed by atoms with Crippen LogP contribution in [0.2, 0.25) is 0 Å². The normalized spacial score (nSPS) is 12.0. The van der Waals surface area contributed by atoms with E-state index >= 15 is 0 Å². The van der Waals surface area contributed by atoms with E-state index in [-0.39, 0.29) is 0 Å². The van der Waals surface area contributed by atoms with Crippen LogP contribution in [0.15, 0.2) is 24.3 Å². The van der Waals surface area contributed by atoms with Gasteiger partial charge in [-0.3, -0.25) is 0 Å². The van der Waals surface area contributed by atoms with E-state index in [4.69, 9.17) is 10.5 Å². The van der Waals surface area contributed by atoms with Crippen molar-refractivity contribution in [1.29, 1.82) is 0 Å². The van der Waals surface area contributed by atoms with Crippen molar-refractivity contribution in [3.05, 3.63) is 41.1 Å². The zero-order valence-corrected chi connectivity index (χ0v) is 18.4. The number of methoxy groups -OCH3 is 1. The van der Waals surface area contributed by atoms with Gasteiger partial charge in [0.15, 0.2) is 0 Å². The lowest BCUT2D eigenvalue weighted by atomic mass is 10.0. The summed E-state index contributed by atoms with van der Waals surface area (Å²) >= 11 is 1.88. The number of unbranched alkanes of at least 4 members (excludes halogenated alkanes) is 1. The van der Waals surface area contributed by atoms with E-state index in [1.54, 1.807) is 7.11 Å². The van der Waals surface area contributed by atoms with E-state index in [1.807, 2.05) is 30.0 Å². The summed E-state index contributed by atoms with van der Waals surface area (Å²) < 4.78 is 5.55. The topological polar surface area (TPSA) is 73.1 Å². The fourth-order valence-electron chi connectivity index (χ4n) is 3.38. The highest BCUT2D eigenvalue weighted by molar-refractivity contribution is 7.98. The van der Waals surface area contributed by atoms with E-state index in [2.05, 4.69) is 41.5 Å². The van der Waals surface area contributed by atoms with Crippen molar-refractivity contribution in [2.24, 2.45) is 0 Å². The largest absolute Gasteiger partial charge is 0.496 e. The molecule has 0 unspecified atom stereocenters. The van der Waals surface area contributed by atoms with Gasteiger partial charge in [-0.1, -0.05) is 44.9 Å². The Morgan fingerprint density at radius 3 is 2.64 bits per heavy atom. The Kier molecular flexibility index (Phi) is 9.41. The first-order chi connectivity index (χ1) is 13.6. The number of para-hydroxylation sites is 1. The molecule has 0 saturated heterocycles. The number of nitrogen functional groups attached to an aromatic ring is 1. The third-order valence-corrected chi connectivity index (χ3v) is 5.57. The molecule has 0 spiro atoms. The van der Waals surface area contributed by atoms with Crippen molar-refractivity contribution in [2.75, 3.05) is 30.2 Å². The van der Waals surface area contributed by atoms with Gasteiger partial charge in [-0.25, -0.2) is 4.98 Å². The van der Waals surface area contributed by atoms with Gasteiger partial charge in [0.1, 0.15) is 11.6 Å². The molecule has 0 fully saturated rings. The first-order valence-electron chi connectivity index (χ1n) is 10.1. The van der Waals surface area contributed by atoms with Gasteiger partial charge in [-0.15, -0.1) is 0 Å². The number of rotatable bonds is 12. The van der Waals surface area contributed by atoms with Crippen LogP contribution in [0, 0.1) is 0 Å². The van der Waals surface area contributed by atoms with Gasteiger partial charge < -0.3 is 15.8 Å². The summed E-state index contributed by atoms with van der Waals surface area (Å²) in [6.07, 6.45) is 8.33. The summed E-state index contributed by atoms with van der Waals surface area (Å²) in [4.78, 5) is 9.11. The Balaban J connectivity index is 2.37. The molecule has 3 N–H and O–H groups in total. The number of aryl methyl sites for hydroxylation is 1. The van der Waals surface area contributed by atoms with Crippen LogP contribution < -0.4 is 15.8 Å². The number of anilines is 2. The molecule has 2 aromatic rings. The number of thioether (sulfide) groups is 1. The van der Waals surface area contributed by atoms with E-state index in [9.17, 15) is 0 Å². The van der Waals surface area contributed by atoms with Crippen molar-refractivity contribution >= 4 is 23.5 Å². The number of aromatic nitrogens is 2. The molecule has 0 aliphatic carbocycles. The van der Waals surface area contributed by atoms with Gasteiger partial charge >= 0.3 is 0 Å². The minimum absolute atomic E-state index is 0.335. The molecule has 0 bridgehead atoms. The average molecular weight is 403 g/mol. The highest BCUT2D eigenvalue weighted by Crippen LogP contribution is 2.28. The fraction of sp³-hybridized carbons (Fsp3) is 0.545. The van der Waals surface area contributed by atoms with Gasteiger partial charge in [0.05, 0.1) is 12.8 Å². The van der Waals surface area contributed by atoms with E-state index < -0.39 is 0 Å². The second-order valence-electron chi connectivity index (χ2n) is 6.96. The van der Waals surface area contributed by atoms with E-state index in [0.29, 0.717) is 12.0 Å². The number of ether oxygens (including phenoxy) is 1. The van der Waals surface area contributed by atoms with Crippen molar-refractivity contribution in [1.82, 2.24) is 9.97 Å². The van der Waals surface area contributed by atoms with Crippen LogP contribution in [0.4, 0.5) is 11.8 Å². The monoisotopic (exact) mass is 402 g/mol. The van der Waals surface area contributed by atoms with Gasteiger partial charge in [0.2, 0.25) is 5.95 Å². The molecule has 5 nitrogen and oxygen atoms in total. The maximum absolute atomic E-state index is 6.04. The Morgan fingerprint density at radius 2 is 1.96 bits per heavy atom. The second kappa shape index (κ2) is 11.8. The minimum Gasteiger partial charge on any atom is -0.496 e. The van der Waals surface area contributed by atoms with Crippen LogP contribution in [0.1, 0.15) is 56.4 Å². The van der Waals surface area contributed by atoms with Crippen LogP contribution in [0.3, 0.4) is 0 Å². The molecule has 1 aromatic heterocycles.